The third-order valence-corrected chi connectivity index (χ3v) is 5.34. The van der Waals surface area contributed by atoms with Crippen molar-refractivity contribution in [2.45, 2.75) is 32.7 Å². The number of amides is 1. The molecule has 2 aliphatic rings. The van der Waals surface area contributed by atoms with Crippen molar-refractivity contribution in [3.8, 4) is 11.8 Å². The number of nitrogens with one attached hydrogen (secondary N) is 1. The third kappa shape index (κ3) is 4.21. The minimum absolute atomic E-state index is 0.0792. The van der Waals surface area contributed by atoms with Gasteiger partial charge in [-0.15, -0.1) is 0 Å². The number of aromatic nitrogens is 1. The molecule has 1 fully saturated rings. The Morgan fingerprint density at radius 1 is 1.32 bits per heavy atom. The Balaban J connectivity index is 1.44. The minimum atomic E-state index is -0.860. The highest BCUT2D eigenvalue weighted by molar-refractivity contribution is 6.03. The first-order chi connectivity index (χ1) is 14.9. The van der Waals surface area contributed by atoms with Crippen LogP contribution < -0.4 is 10.1 Å². The molecule has 31 heavy (non-hydrogen) atoms. The number of nitriles is 1. The number of rotatable bonds is 6. The molecule has 0 spiro atoms. The summed E-state index contributed by atoms with van der Waals surface area (Å²) in [4.78, 5) is 36.3. The van der Waals surface area contributed by atoms with E-state index in [2.05, 4.69) is 9.88 Å². The molecule has 1 aliphatic heterocycles. The summed E-state index contributed by atoms with van der Waals surface area (Å²) >= 11 is 0. The van der Waals surface area contributed by atoms with Gasteiger partial charge >= 0.3 is 5.97 Å². The molecule has 4 rings (SSSR count). The van der Waals surface area contributed by atoms with Crippen molar-refractivity contribution in [2.75, 3.05) is 18.5 Å². The average molecular weight is 419 g/mol. The molecular weight excluding hydrogens is 398 g/mol. The van der Waals surface area contributed by atoms with E-state index in [1.54, 1.807) is 6.07 Å². The van der Waals surface area contributed by atoms with E-state index in [9.17, 15) is 19.6 Å². The number of esters is 1. The van der Waals surface area contributed by atoms with Gasteiger partial charge in [0.2, 0.25) is 0 Å². The molecule has 8 nitrogen and oxygen atoms in total. The molecule has 0 saturated heterocycles. The van der Waals surface area contributed by atoms with Crippen LogP contribution in [0.25, 0.3) is 6.08 Å². The number of ether oxygens (including phenoxy) is 2. The van der Waals surface area contributed by atoms with Gasteiger partial charge in [-0.1, -0.05) is 0 Å². The summed E-state index contributed by atoms with van der Waals surface area (Å²) in [6, 6.07) is 8.86. The zero-order chi connectivity index (χ0) is 22.1. The Bertz CT molecular complexity index is 1160. The Labute approximate surface area is 179 Å². The predicted molar refractivity (Wildman–Crippen MR) is 112 cm³/mol. The molecule has 0 bridgehead atoms. The molecule has 8 heteroatoms. The van der Waals surface area contributed by atoms with Crippen LogP contribution in [0.15, 0.2) is 29.8 Å². The lowest BCUT2D eigenvalue weighted by Gasteiger charge is -2.18. The van der Waals surface area contributed by atoms with Gasteiger partial charge in [-0.05, 0) is 62.6 Å². The van der Waals surface area contributed by atoms with Crippen molar-refractivity contribution in [3.05, 3.63) is 52.4 Å². The number of Topliss-reactive ketones (excluding diaryl/α,β-unsaturated/α-hetero) is 1. The lowest BCUT2D eigenvalue weighted by molar-refractivity contribution is -0.137. The summed E-state index contributed by atoms with van der Waals surface area (Å²) in [7, 11) is 0. The topological polar surface area (TPSA) is 110 Å². The number of anilines is 1. The van der Waals surface area contributed by atoms with Crippen LogP contribution in [0.1, 0.15) is 46.2 Å². The van der Waals surface area contributed by atoms with E-state index in [1.165, 1.54) is 18.2 Å². The maximum absolute atomic E-state index is 12.4. The maximum Gasteiger partial charge on any atom is 0.349 e. The molecule has 0 unspecified atom stereocenters. The largest absolute Gasteiger partial charge is 0.482 e. The lowest BCUT2D eigenvalue weighted by Crippen LogP contribution is -2.25. The summed E-state index contributed by atoms with van der Waals surface area (Å²) in [5.41, 5.74) is 3.33. The molecule has 158 valence electrons. The Hall–Kier alpha value is -3.86. The number of ketones is 1. The van der Waals surface area contributed by atoms with Crippen LogP contribution in [0.5, 0.6) is 5.75 Å². The number of fused-ring (bicyclic) bond motifs is 1. The van der Waals surface area contributed by atoms with Crippen molar-refractivity contribution in [1.29, 1.82) is 5.26 Å². The number of hydrogen-bond donors (Lipinski definition) is 1. The summed E-state index contributed by atoms with van der Waals surface area (Å²) in [5, 5.41) is 12.0. The van der Waals surface area contributed by atoms with Crippen molar-refractivity contribution in [3.63, 3.8) is 0 Å². The maximum atomic E-state index is 12.4. The van der Waals surface area contributed by atoms with Gasteiger partial charge in [-0.2, -0.15) is 5.26 Å². The van der Waals surface area contributed by atoms with Crippen LogP contribution in [0.2, 0.25) is 0 Å². The van der Waals surface area contributed by atoms with Gasteiger partial charge < -0.3 is 19.4 Å². The van der Waals surface area contributed by atoms with Crippen LogP contribution in [0.3, 0.4) is 0 Å². The van der Waals surface area contributed by atoms with Crippen molar-refractivity contribution >= 4 is 29.4 Å². The molecule has 1 aliphatic carbocycles. The van der Waals surface area contributed by atoms with Gasteiger partial charge in [-0.3, -0.25) is 9.59 Å². The molecule has 2 aromatic rings. The predicted octanol–water partition coefficient (Wildman–Crippen LogP) is 3.10. The van der Waals surface area contributed by atoms with Crippen molar-refractivity contribution in [2.24, 2.45) is 0 Å². The van der Waals surface area contributed by atoms with Crippen molar-refractivity contribution < 1.29 is 23.9 Å². The summed E-state index contributed by atoms with van der Waals surface area (Å²) in [6.07, 6.45) is 3.76. The number of aryl methyl sites for hydroxylation is 1. The second-order valence-corrected chi connectivity index (χ2v) is 7.64. The van der Waals surface area contributed by atoms with Gasteiger partial charge in [0.05, 0.1) is 5.69 Å². The third-order valence-electron chi connectivity index (χ3n) is 5.34. The highest BCUT2D eigenvalue weighted by Gasteiger charge is 2.27. The molecule has 0 atom stereocenters. The van der Waals surface area contributed by atoms with Gasteiger partial charge in [-0.25, -0.2) is 4.79 Å². The Kier molecular flexibility index (Phi) is 5.34. The van der Waals surface area contributed by atoms with Crippen LogP contribution in [-0.2, 0) is 14.3 Å². The molecule has 1 N–H and O–H groups in total. The molecule has 1 saturated carbocycles. The first-order valence-electron chi connectivity index (χ1n) is 9.94. The second kappa shape index (κ2) is 8.11. The highest BCUT2D eigenvalue weighted by atomic mass is 16.5. The van der Waals surface area contributed by atoms with Gasteiger partial charge in [0.25, 0.3) is 5.91 Å². The minimum Gasteiger partial charge on any atom is -0.482 e. The number of hydrogen-bond acceptors (Lipinski definition) is 6. The number of carbonyl (C=O) groups excluding carboxylic acids is 3. The van der Waals surface area contributed by atoms with Crippen LogP contribution >= 0.6 is 0 Å². The highest BCUT2D eigenvalue weighted by Crippen LogP contribution is 2.38. The van der Waals surface area contributed by atoms with E-state index in [0.717, 1.165) is 29.8 Å². The van der Waals surface area contributed by atoms with E-state index in [4.69, 9.17) is 9.47 Å². The number of carbonyl (C=O) groups is 3. The molecule has 2 heterocycles. The monoisotopic (exact) mass is 419 g/mol. The van der Waals surface area contributed by atoms with E-state index in [0.29, 0.717) is 17.5 Å². The standard InChI is InChI=1S/C23H21N3O5/c1-13-7-16(14(2)26(13)18-4-5-18)8-17(10-24)23(29)31-11-20(27)15-3-6-21-19(9-15)25-22(28)12-30-21/h3,6-9,18H,4-5,11-12H2,1-2H3,(H,25,28)/b17-8+. The fourth-order valence-corrected chi connectivity index (χ4v) is 3.68. The smallest absolute Gasteiger partial charge is 0.349 e. The van der Waals surface area contributed by atoms with E-state index >= 15 is 0 Å². The van der Waals surface area contributed by atoms with E-state index < -0.39 is 18.4 Å². The summed E-state index contributed by atoms with van der Waals surface area (Å²) < 4.78 is 12.6. The Morgan fingerprint density at radius 2 is 2.10 bits per heavy atom. The second-order valence-electron chi connectivity index (χ2n) is 7.64. The zero-order valence-electron chi connectivity index (χ0n) is 17.2. The summed E-state index contributed by atoms with van der Waals surface area (Å²) in [6.45, 7) is 3.36. The summed E-state index contributed by atoms with van der Waals surface area (Å²) in [5.74, 6) is -1.16. The molecule has 1 amide bonds. The molecule has 1 aromatic heterocycles. The first-order valence-corrected chi connectivity index (χ1v) is 9.94. The van der Waals surface area contributed by atoms with Gasteiger partial charge in [0, 0.05) is 23.0 Å². The fourth-order valence-electron chi connectivity index (χ4n) is 3.68. The zero-order valence-corrected chi connectivity index (χ0v) is 17.2. The molecular formula is C23H21N3O5. The van der Waals surface area contributed by atoms with E-state index in [-0.39, 0.29) is 23.7 Å². The average Bonchev–Trinajstić information content (AvgIpc) is 3.54. The van der Waals surface area contributed by atoms with E-state index in [1.807, 2.05) is 26.0 Å². The fraction of sp³-hybridized carbons (Fsp3) is 0.304. The van der Waals surface area contributed by atoms with Gasteiger partial charge in [0.15, 0.2) is 19.0 Å². The normalized spacial score (nSPS) is 15.4. The quantitative estimate of drug-likeness (QED) is 0.333. The lowest BCUT2D eigenvalue weighted by atomic mass is 10.1. The van der Waals surface area contributed by atoms with Crippen LogP contribution in [-0.4, -0.2) is 35.4 Å². The Morgan fingerprint density at radius 3 is 2.81 bits per heavy atom. The first kappa shape index (κ1) is 20.4. The molecule has 0 radical (unpaired) electrons. The molecule has 1 aromatic carbocycles. The van der Waals surface area contributed by atoms with Gasteiger partial charge in [0.1, 0.15) is 17.4 Å². The number of nitrogens with zero attached hydrogens (tertiary/aromatic N) is 2. The SMILES string of the molecule is Cc1cc(/C=C(\C#N)C(=O)OCC(=O)c2ccc3c(c2)NC(=O)CO3)c(C)n1C1CC1. The van der Waals surface area contributed by atoms with Crippen LogP contribution in [0.4, 0.5) is 5.69 Å². The van der Waals surface area contributed by atoms with Crippen molar-refractivity contribution in [1.82, 2.24) is 4.57 Å². The number of benzene rings is 1. The van der Waals surface area contributed by atoms with Crippen LogP contribution in [0, 0.1) is 25.2 Å².